The zero-order valence-corrected chi connectivity index (χ0v) is 10.5. The molecule has 0 unspecified atom stereocenters. The summed E-state index contributed by atoms with van der Waals surface area (Å²) in [4.78, 5) is 14.1. The molecule has 0 N–H and O–H groups in total. The molecule has 1 rings (SSSR count). The summed E-state index contributed by atoms with van der Waals surface area (Å²) in [6.07, 6.45) is -2.16. The lowest BCUT2D eigenvalue weighted by molar-refractivity contribution is 0.111. The molecule has 0 aliphatic carbocycles. The molecule has 14 heavy (non-hydrogen) atoms. The highest BCUT2D eigenvalue weighted by Crippen LogP contribution is 2.25. The van der Waals surface area contributed by atoms with E-state index in [9.17, 15) is 13.6 Å². The van der Waals surface area contributed by atoms with Crippen LogP contribution in [0.1, 0.15) is 28.2 Å². The Balaban J connectivity index is 3.30. The van der Waals surface area contributed by atoms with Crippen molar-refractivity contribution in [2.24, 2.45) is 0 Å². The summed E-state index contributed by atoms with van der Waals surface area (Å²) in [6.45, 7) is 0. The molecule has 0 amide bonds. The molecule has 0 saturated carbocycles. The average Bonchev–Trinajstić information content (AvgIpc) is 2.16. The van der Waals surface area contributed by atoms with Gasteiger partial charge >= 0.3 is 0 Å². The summed E-state index contributed by atoms with van der Waals surface area (Å²) < 4.78 is 25.1. The first kappa shape index (κ1) is 12.0. The fourth-order valence-electron chi connectivity index (χ4n) is 0.918. The van der Waals surface area contributed by atoms with Gasteiger partial charge in [0.05, 0.1) is 0 Å². The standard InChI is InChI=1S/C8H5BrF2INO/c9-2-4-1-5(12)7(8(10)11)13-6(4)3-14/h1,3,8H,2H2. The van der Waals surface area contributed by atoms with Crippen LogP contribution in [-0.4, -0.2) is 11.3 Å². The molecule has 6 heteroatoms. The van der Waals surface area contributed by atoms with E-state index in [-0.39, 0.29) is 11.4 Å². The van der Waals surface area contributed by atoms with Gasteiger partial charge in [-0.25, -0.2) is 13.8 Å². The number of carbonyl (C=O) groups is 1. The average molecular weight is 376 g/mol. The maximum absolute atomic E-state index is 12.4. The number of aromatic nitrogens is 1. The number of rotatable bonds is 3. The molecule has 0 aliphatic rings. The monoisotopic (exact) mass is 375 g/mol. The summed E-state index contributed by atoms with van der Waals surface area (Å²) in [5.74, 6) is 0. The van der Waals surface area contributed by atoms with Crippen molar-refractivity contribution in [3.8, 4) is 0 Å². The van der Waals surface area contributed by atoms with Crippen molar-refractivity contribution < 1.29 is 13.6 Å². The van der Waals surface area contributed by atoms with Gasteiger partial charge < -0.3 is 0 Å². The number of nitrogens with zero attached hydrogens (tertiary/aromatic N) is 1. The van der Waals surface area contributed by atoms with Gasteiger partial charge in [-0.2, -0.15) is 0 Å². The minimum atomic E-state index is -2.65. The Bertz CT molecular complexity index is 359. The van der Waals surface area contributed by atoms with E-state index in [0.717, 1.165) is 0 Å². The highest BCUT2D eigenvalue weighted by atomic mass is 127. The van der Waals surface area contributed by atoms with Crippen molar-refractivity contribution in [1.29, 1.82) is 0 Å². The lowest BCUT2D eigenvalue weighted by Crippen LogP contribution is -2.02. The Morgan fingerprint density at radius 2 is 2.29 bits per heavy atom. The van der Waals surface area contributed by atoms with E-state index >= 15 is 0 Å². The number of hydrogen-bond donors (Lipinski definition) is 0. The van der Waals surface area contributed by atoms with Crippen LogP contribution < -0.4 is 0 Å². The van der Waals surface area contributed by atoms with E-state index in [0.29, 0.717) is 20.7 Å². The lowest BCUT2D eigenvalue weighted by atomic mass is 10.2. The molecule has 0 aromatic carbocycles. The van der Waals surface area contributed by atoms with Crippen LogP contribution in [0.4, 0.5) is 8.78 Å². The van der Waals surface area contributed by atoms with Crippen molar-refractivity contribution in [1.82, 2.24) is 4.98 Å². The molecule has 76 valence electrons. The number of carbonyl (C=O) groups excluding carboxylic acids is 1. The molecule has 0 spiro atoms. The summed E-state index contributed by atoms with van der Waals surface area (Å²) in [5.41, 5.74) is 0.351. The molecule has 1 aromatic rings. The molecular weight excluding hydrogens is 371 g/mol. The van der Waals surface area contributed by atoms with Crippen LogP contribution in [0.3, 0.4) is 0 Å². The Morgan fingerprint density at radius 1 is 1.64 bits per heavy atom. The molecular formula is C8H5BrF2INO. The van der Waals surface area contributed by atoms with E-state index in [4.69, 9.17) is 0 Å². The third-order valence-corrected chi connectivity index (χ3v) is 3.05. The van der Waals surface area contributed by atoms with Crippen LogP contribution in [0.5, 0.6) is 0 Å². The molecule has 0 bridgehead atoms. The molecule has 0 aliphatic heterocycles. The maximum atomic E-state index is 12.4. The van der Waals surface area contributed by atoms with E-state index in [1.807, 2.05) is 0 Å². The van der Waals surface area contributed by atoms with Gasteiger partial charge in [0.25, 0.3) is 6.43 Å². The van der Waals surface area contributed by atoms with Crippen LogP contribution in [0.15, 0.2) is 6.07 Å². The van der Waals surface area contributed by atoms with Gasteiger partial charge in [-0.3, -0.25) is 4.79 Å². The van der Waals surface area contributed by atoms with Crippen molar-refractivity contribution in [3.05, 3.63) is 26.6 Å². The molecule has 1 aromatic heterocycles. The van der Waals surface area contributed by atoms with Crippen LogP contribution in [0.2, 0.25) is 0 Å². The first-order valence-corrected chi connectivity index (χ1v) is 5.78. The van der Waals surface area contributed by atoms with Crippen molar-refractivity contribution in [2.45, 2.75) is 11.8 Å². The second-order valence-electron chi connectivity index (χ2n) is 2.45. The number of pyridine rings is 1. The van der Waals surface area contributed by atoms with Gasteiger partial charge in [0, 0.05) is 8.90 Å². The summed E-state index contributed by atoms with van der Waals surface area (Å²) in [6, 6.07) is 1.54. The molecule has 0 atom stereocenters. The fourth-order valence-corrected chi connectivity index (χ4v) is 2.10. The molecule has 0 saturated heterocycles. The topological polar surface area (TPSA) is 30.0 Å². The lowest BCUT2D eigenvalue weighted by Gasteiger charge is -2.06. The summed E-state index contributed by atoms with van der Waals surface area (Å²) in [5, 5.41) is 0.424. The highest BCUT2D eigenvalue weighted by molar-refractivity contribution is 14.1. The van der Waals surface area contributed by atoms with Crippen molar-refractivity contribution >= 4 is 44.8 Å². The van der Waals surface area contributed by atoms with Crippen molar-refractivity contribution in [3.63, 3.8) is 0 Å². The third-order valence-electron chi connectivity index (χ3n) is 1.58. The second kappa shape index (κ2) is 5.11. The van der Waals surface area contributed by atoms with E-state index in [1.54, 1.807) is 22.6 Å². The van der Waals surface area contributed by atoms with Crippen molar-refractivity contribution in [2.75, 3.05) is 0 Å². The zero-order chi connectivity index (χ0) is 10.7. The molecule has 0 fully saturated rings. The quantitative estimate of drug-likeness (QED) is 0.461. The largest absolute Gasteiger partial charge is 0.296 e. The molecule has 0 radical (unpaired) electrons. The SMILES string of the molecule is O=Cc1nc(C(F)F)c(I)cc1CBr. The van der Waals surface area contributed by atoms with Crippen LogP contribution in [-0.2, 0) is 5.33 Å². The number of hydrogen-bond acceptors (Lipinski definition) is 2. The van der Waals surface area contributed by atoms with Crippen LogP contribution in [0.25, 0.3) is 0 Å². The van der Waals surface area contributed by atoms with E-state index in [1.165, 1.54) is 6.07 Å². The first-order valence-electron chi connectivity index (χ1n) is 3.58. The number of halogens is 4. The first-order chi connectivity index (χ1) is 6.60. The van der Waals surface area contributed by atoms with E-state index in [2.05, 4.69) is 20.9 Å². The van der Waals surface area contributed by atoms with E-state index < -0.39 is 6.43 Å². The zero-order valence-electron chi connectivity index (χ0n) is 6.81. The van der Waals surface area contributed by atoms with Gasteiger partial charge in [0.2, 0.25) is 0 Å². The molecule has 2 nitrogen and oxygen atoms in total. The third kappa shape index (κ3) is 2.47. The van der Waals surface area contributed by atoms with Crippen LogP contribution in [0, 0.1) is 3.57 Å². The predicted octanol–water partition coefficient (Wildman–Crippen LogP) is 3.33. The predicted molar refractivity (Wildman–Crippen MR) is 59.9 cm³/mol. The fraction of sp³-hybridized carbons (Fsp3) is 0.250. The maximum Gasteiger partial charge on any atom is 0.281 e. The van der Waals surface area contributed by atoms with Gasteiger partial charge in [-0.1, -0.05) is 15.9 Å². The Morgan fingerprint density at radius 3 is 2.71 bits per heavy atom. The van der Waals surface area contributed by atoms with Gasteiger partial charge in [-0.15, -0.1) is 0 Å². The Kier molecular flexibility index (Phi) is 4.36. The number of aldehydes is 1. The smallest absolute Gasteiger partial charge is 0.281 e. The Hall–Kier alpha value is -0.110. The van der Waals surface area contributed by atoms with Gasteiger partial charge in [-0.05, 0) is 34.2 Å². The Labute approximate surface area is 101 Å². The summed E-state index contributed by atoms with van der Waals surface area (Å²) in [7, 11) is 0. The number of alkyl halides is 3. The summed E-state index contributed by atoms with van der Waals surface area (Å²) >= 11 is 4.93. The van der Waals surface area contributed by atoms with Crippen LogP contribution >= 0.6 is 38.5 Å². The second-order valence-corrected chi connectivity index (χ2v) is 4.17. The van der Waals surface area contributed by atoms with Gasteiger partial charge in [0.1, 0.15) is 11.4 Å². The minimum Gasteiger partial charge on any atom is -0.296 e. The normalized spacial score (nSPS) is 10.6. The highest BCUT2D eigenvalue weighted by Gasteiger charge is 2.16. The van der Waals surface area contributed by atoms with Gasteiger partial charge in [0.15, 0.2) is 6.29 Å². The minimum absolute atomic E-state index is 0.0672. The molecule has 1 heterocycles.